The first-order chi connectivity index (χ1) is 13.9. The third-order valence-electron chi connectivity index (χ3n) is 4.38. The number of hydrogen-bond acceptors (Lipinski definition) is 6. The molecular formula is C21H16N6S. The van der Waals surface area contributed by atoms with E-state index in [0.29, 0.717) is 6.54 Å². The van der Waals surface area contributed by atoms with Gasteiger partial charge in [-0.15, -0.1) is 11.3 Å². The fourth-order valence-corrected chi connectivity index (χ4v) is 3.64. The Morgan fingerprint density at radius 2 is 1.96 bits per heavy atom. The van der Waals surface area contributed by atoms with Gasteiger partial charge in [0.15, 0.2) is 5.82 Å². The maximum Gasteiger partial charge on any atom is 0.172 e. The molecule has 5 aromatic rings. The Bertz CT molecular complexity index is 1200. The van der Waals surface area contributed by atoms with Crippen LogP contribution in [0.4, 0.5) is 5.82 Å². The molecule has 0 amide bonds. The molecule has 136 valence electrons. The molecule has 0 aliphatic heterocycles. The quantitative estimate of drug-likeness (QED) is 0.481. The molecule has 1 aromatic carbocycles. The van der Waals surface area contributed by atoms with Gasteiger partial charge in [0.1, 0.15) is 18.0 Å². The van der Waals surface area contributed by atoms with Crippen molar-refractivity contribution in [3.8, 4) is 16.5 Å². The number of thiophene rings is 1. The Balaban J connectivity index is 1.43. The van der Waals surface area contributed by atoms with Crippen molar-refractivity contribution in [1.82, 2.24) is 24.5 Å². The number of para-hydroxylation sites is 1. The summed E-state index contributed by atoms with van der Waals surface area (Å²) in [5, 5.41) is 6.50. The summed E-state index contributed by atoms with van der Waals surface area (Å²) < 4.78 is 1.88. The highest BCUT2D eigenvalue weighted by Gasteiger charge is 2.10. The number of nitrogens with zero attached hydrogens (tertiary/aromatic N) is 5. The van der Waals surface area contributed by atoms with Crippen molar-refractivity contribution in [2.45, 2.75) is 6.54 Å². The first-order valence-electron chi connectivity index (χ1n) is 8.84. The van der Waals surface area contributed by atoms with Crippen LogP contribution in [0, 0.1) is 0 Å². The second-order valence-corrected chi connectivity index (χ2v) is 7.19. The Kier molecular flexibility index (Phi) is 4.27. The van der Waals surface area contributed by atoms with E-state index >= 15 is 0 Å². The van der Waals surface area contributed by atoms with Gasteiger partial charge in [0.2, 0.25) is 0 Å². The molecule has 0 aliphatic rings. The molecular weight excluding hydrogens is 368 g/mol. The lowest BCUT2D eigenvalue weighted by molar-refractivity contribution is 0.977. The molecule has 4 heterocycles. The van der Waals surface area contributed by atoms with Gasteiger partial charge in [-0.2, -0.15) is 0 Å². The predicted molar refractivity (Wildman–Crippen MR) is 112 cm³/mol. The summed E-state index contributed by atoms with van der Waals surface area (Å²) in [6, 6.07) is 16.1. The van der Waals surface area contributed by atoms with Crippen LogP contribution in [0.15, 0.2) is 78.8 Å². The lowest BCUT2D eigenvalue weighted by Crippen LogP contribution is -2.05. The lowest BCUT2D eigenvalue weighted by atomic mass is 10.2. The fourth-order valence-electron chi connectivity index (χ4n) is 2.98. The summed E-state index contributed by atoms with van der Waals surface area (Å²) in [5.41, 5.74) is 2.00. The molecule has 0 saturated carbocycles. The van der Waals surface area contributed by atoms with E-state index in [-0.39, 0.29) is 0 Å². The number of fused-ring (bicyclic) bond motifs is 1. The number of benzene rings is 1. The van der Waals surface area contributed by atoms with Crippen molar-refractivity contribution in [2.24, 2.45) is 0 Å². The van der Waals surface area contributed by atoms with Crippen LogP contribution in [-0.4, -0.2) is 24.5 Å². The molecule has 0 spiro atoms. The van der Waals surface area contributed by atoms with E-state index in [0.717, 1.165) is 38.8 Å². The van der Waals surface area contributed by atoms with Crippen molar-refractivity contribution in [3.05, 3.63) is 84.4 Å². The summed E-state index contributed by atoms with van der Waals surface area (Å²) in [6.45, 7) is 0.627. The molecule has 4 aromatic heterocycles. The molecule has 0 saturated heterocycles. The second kappa shape index (κ2) is 7.21. The number of pyridine rings is 1. The summed E-state index contributed by atoms with van der Waals surface area (Å²) in [4.78, 5) is 19.1. The van der Waals surface area contributed by atoms with E-state index in [4.69, 9.17) is 9.97 Å². The van der Waals surface area contributed by atoms with E-state index < -0.39 is 0 Å². The van der Waals surface area contributed by atoms with Gasteiger partial charge in [-0.1, -0.05) is 24.3 Å². The van der Waals surface area contributed by atoms with E-state index in [1.165, 1.54) is 0 Å². The molecule has 5 rings (SSSR count). The normalized spacial score (nSPS) is 11.0. The fraction of sp³-hybridized carbons (Fsp3) is 0.0476. The monoisotopic (exact) mass is 384 g/mol. The second-order valence-electron chi connectivity index (χ2n) is 6.24. The molecule has 1 N–H and O–H groups in total. The Morgan fingerprint density at radius 3 is 2.75 bits per heavy atom. The largest absolute Gasteiger partial charge is 0.365 e. The van der Waals surface area contributed by atoms with Crippen LogP contribution < -0.4 is 5.32 Å². The highest BCUT2D eigenvalue weighted by atomic mass is 32.1. The van der Waals surface area contributed by atoms with Gasteiger partial charge in [0.25, 0.3) is 0 Å². The highest BCUT2D eigenvalue weighted by molar-refractivity contribution is 7.13. The SMILES string of the molecule is c1csc(-c2nc(NCc3ccc(-n4ccnc4)nc3)c3ccccc3n2)c1. The van der Waals surface area contributed by atoms with Crippen LogP contribution in [-0.2, 0) is 6.54 Å². The van der Waals surface area contributed by atoms with Crippen molar-refractivity contribution in [3.63, 3.8) is 0 Å². The van der Waals surface area contributed by atoms with Gasteiger partial charge in [0, 0.05) is 30.5 Å². The van der Waals surface area contributed by atoms with E-state index in [2.05, 4.69) is 21.4 Å². The average Bonchev–Trinajstić information content (AvgIpc) is 3.46. The molecule has 0 radical (unpaired) electrons. The Labute approximate surface area is 165 Å². The van der Waals surface area contributed by atoms with Crippen molar-refractivity contribution < 1.29 is 0 Å². The highest BCUT2D eigenvalue weighted by Crippen LogP contribution is 2.27. The summed E-state index contributed by atoms with van der Waals surface area (Å²) in [7, 11) is 0. The van der Waals surface area contributed by atoms with Crippen LogP contribution >= 0.6 is 11.3 Å². The number of imidazole rings is 1. The first-order valence-corrected chi connectivity index (χ1v) is 9.72. The van der Waals surface area contributed by atoms with Crippen LogP contribution in [0.5, 0.6) is 0 Å². The Morgan fingerprint density at radius 1 is 1.00 bits per heavy atom. The van der Waals surface area contributed by atoms with Gasteiger partial charge in [-0.3, -0.25) is 4.57 Å². The van der Waals surface area contributed by atoms with Gasteiger partial charge >= 0.3 is 0 Å². The number of nitrogens with one attached hydrogen (secondary N) is 1. The smallest absolute Gasteiger partial charge is 0.172 e. The number of hydrogen-bond donors (Lipinski definition) is 1. The molecule has 0 bridgehead atoms. The van der Waals surface area contributed by atoms with Crippen molar-refractivity contribution in [2.75, 3.05) is 5.32 Å². The molecule has 0 aliphatic carbocycles. The standard InChI is InChI=1S/C21H16N6S/c1-2-5-17-16(4-1)20(26-21(25-17)18-6-3-11-28-18)24-13-15-7-8-19(23-12-15)27-10-9-22-14-27/h1-12,14H,13H2,(H,24,25,26). The van der Waals surface area contributed by atoms with Crippen molar-refractivity contribution in [1.29, 1.82) is 0 Å². The van der Waals surface area contributed by atoms with Crippen molar-refractivity contribution >= 4 is 28.1 Å². The third-order valence-corrected chi connectivity index (χ3v) is 5.25. The minimum Gasteiger partial charge on any atom is -0.365 e. The molecule has 0 atom stereocenters. The van der Waals surface area contributed by atoms with E-state index in [9.17, 15) is 0 Å². The van der Waals surface area contributed by atoms with Gasteiger partial charge in [-0.05, 0) is 35.2 Å². The maximum absolute atomic E-state index is 4.77. The predicted octanol–water partition coefficient (Wildman–Crippen LogP) is 4.55. The molecule has 28 heavy (non-hydrogen) atoms. The van der Waals surface area contributed by atoms with Gasteiger partial charge in [0.05, 0.1) is 10.4 Å². The van der Waals surface area contributed by atoms with E-state index in [1.54, 1.807) is 23.9 Å². The van der Waals surface area contributed by atoms with E-state index in [1.807, 2.05) is 64.8 Å². The van der Waals surface area contributed by atoms with Crippen LogP contribution in [0.25, 0.3) is 27.4 Å². The lowest BCUT2D eigenvalue weighted by Gasteiger charge is -2.11. The Hall–Kier alpha value is -3.58. The van der Waals surface area contributed by atoms with Gasteiger partial charge in [-0.25, -0.2) is 19.9 Å². The summed E-state index contributed by atoms with van der Waals surface area (Å²) in [6.07, 6.45) is 7.22. The topological polar surface area (TPSA) is 68.5 Å². The average molecular weight is 384 g/mol. The molecule has 7 heteroatoms. The number of aromatic nitrogens is 5. The maximum atomic E-state index is 4.77. The zero-order chi connectivity index (χ0) is 18.8. The molecule has 0 fully saturated rings. The van der Waals surface area contributed by atoms with Gasteiger partial charge < -0.3 is 5.32 Å². The minimum absolute atomic E-state index is 0.627. The van der Waals surface area contributed by atoms with Crippen LogP contribution in [0.1, 0.15) is 5.56 Å². The zero-order valence-corrected chi connectivity index (χ0v) is 15.7. The van der Waals surface area contributed by atoms with Crippen LogP contribution in [0.3, 0.4) is 0 Å². The number of rotatable bonds is 5. The minimum atomic E-state index is 0.627. The summed E-state index contributed by atoms with van der Waals surface area (Å²) in [5.74, 6) is 2.41. The first kappa shape index (κ1) is 16.6. The zero-order valence-electron chi connectivity index (χ0n) is 14.9. The van der Waals surface area contributed by atoms with Crippen LogP contribution in [0.2, 0.25) is 0 Å². The number of anilines is 1. The third kappa shape index (κ3) is 3.23. The molecule has 6 nitrogen and oxygen atoms in total. The molecule has 0 unspecified atom stereocenters. The summed E-state index contributed by atoms with van der Waals surface area (Å²) >= 11 is 1.64.